The molecule has 1 aromatic carbocycles. The van der Waals surface area contributed by atoms with Crippen molar-refractivity contribution in [1.29, 1.82) is 0 Å². The predicted octanol–water partition coefficient (Wildman–Crippen LogP) is 3.59. The van der Waals surface area contributed by atoms with Crippen LogP contribution in [-0.2, 0) is 4.79 Å². The van der Waals surface area contributed by atoms with Crippen LogP contribution in [0.5, 0.6) is 0 Å². The van der Waals surface area contributed by atoms with Gasteiger partial charge in [0.15, 0.2) is 5.78 Å². The quantitative estimate of drug-likeness (QED) is 0.638. The zero-order valence-corrected chi connectivity index (χ0v) is 12.4. The van der Waals surface area contributed by atoms with E-state index in [1.807, 2.05) is 30.5 Å². The summed E-state index contributed by atoms with van der Waals surface area (Å²) in [6, 6.07) is 7.57. The minimum absolute atomic E-state index is 0.0682. The molecule has 3 N–H and O–H groups in total. The van der Waals surface area contributed by atoms with E-state index in [2.05, 4.69) is 26.1 Å². The molecule has 0 heterocycles. The van der Waals surface area contributed by atoms with E-state index in [-0.39, 0.29) is 10.8 Å². The number of allylic oxidation sites excluding steroid dienone is 1. The van der Waals surface area contributed by atoms with Crippen LogP contribution >= 0.6 is 0 Å². The van der Waals surface area contributed by atoms with Crippen LogP contribution in [0.3, 0.4) is 0 Å². The van der Waals surface area contributed by atoms with Gasteiger partial charge in [-0.3, -0.25) is 4.79 Å². The van der Waals surface area contributed by atoms with Gasteiger partial charge in [-0.05, 0) is 48.4 Å². The van der Waals surface area contributed by atoms with Crippen molar-refractivity contribution in [2.24, 2.45) is 16.7 Å². The van der Waals surface area contributed by atoms with Gasteiger partial charge in [0.1, 0.15) is 0 Å². The van der Waals surface area contributed by atoms with E-state index in [9.17, 15) is 4.79 Å². The topological polar surface area (TPSA) is 55.1 Å². The summed E-state index contributed by atoms with van der Waals surface area (Å²) < 4.78 is 0. The molecule has 0 aliphatic heterocycles. The Morgan fingerprint density at radius 1 is 1.25 bits per heavy atom. The van der Waals surface area contributed by atoms with Crippen LogP contribution in [0.15, 0.2) is 36.0 Å². The first-order valence-corrected chi connectivity index (χ1v) is 7.23. The van der Waals surface area contributed by atoms with Gasteiger partial charge in [-0.2, -0.15) is 0 Å². The first-order valence-electron chi connectivity index (χ1n) is 7.23. The van der Waals surface area contributed by atoms with Crippen LogP contribution in [0.2, 0.25) is 0 Å². The van der Waals surface area contributed by atoms with E-state index < -0.39 is 0 Å². The Morgan fingerprint density at radius 3 is 2.45 bits per heavy atom. The van der Waals surface area contributed by atoms with Crippen molar-refractivity contribution < 1.29 is 4.79 Å². The molecule has 2 aliphatic carbocycles. The second-order valence-electron chi connectivity index (χ2n) is 6.84. The van der Waals surface area contributed by atoms with Crippen LogP contribution in [0.1, 0.15) is 33.6 Å². The maximum Gasteiger partial charge on any atom is 0.167 e. The summed E-state index contributed by atoms with van der Waals surface area (Å²) in [6.07, 6.45) is 4.04. The second-order valence-corrected chi connectivity index (χ2v) is 6.84. The van der Waals surface area contributed by atoms with E-state index in [1.54, 1.807) is 0 Å². The molecule has 2 bridgehead atoms. The Morgan fingerprint density at radius 2 is 1.90 bits per heavy atom. The Balaban J connectivity index is 1.87. The van der Waals surface area contributed by atoms with Crippen LogP contribution in [0.4, 0.5) is 11.4 Å². The van der Waals surface area contributed by atoms with Crippen molar-refractivity contribution in [3.05, 3.63) is 36.0 Å². The van der Waals surface area contributed by atoms with E-state index in [0.717, 1.165) is 29.8 Å². The molecule has 2 atom stereocenters. The Labute approximate surface area is 120 Å². The van der Waals surface area contributed by atoms with Crippen LogP contribution < -0.4 is 11.1 Å². The van der Waals surface area contributed by atoms with Crippen molar-refractivity contribution in [2.45, 2.75) is 33.6 Å². The fourth-order valence-corrected chi connectivity index (χ4v) is 3.83. The highest BCUT2D eigenvalue weighted by Crippen LogP contribution is 2.65. The molecule has 1 aromatic rings. The van der Waals surface area contributed by atoms with E-state index in [0.29, 0.717) is 11.7 Å². The van der Waals surface area contributed by atoms with Crippen LogP contribution in [0, 0.1) is 16.7 Å². The number of hydrogen-bond acceptors (Lipinski definition) is 3. The molecule has 20 heavy (non-hydrogen) atoms. The zero-order valence-electron chi connectivity index (χ0n) is 12.4. The number of nitrogens with one attached hydrogen (secondary N) is 1. The molecule has 0 radical (unpaired) electrons. The lowest BCUT2D eigenvalue weighted by molar-refractivity contribution is -0.125. The molecule has 106 valence electrons. The normalized spacial score (nSPS) is 32.9. The highest BCUT2D eigenvalue weighted by molar-refractivity contribution is 6.04. The summed E-state index contributed by atoms with van der Waals surface area (Å²) in [7, 11) is 0. The minimum atomic E-state index is -0.188. The smallest absolute Gasteiger partial charge is 0.167 e. The largest absolute Gasteiger partial charge is 0.399 e. The summed E-state index contributed by atoms with van der Waals surface area (Å²) in [5, 5.41) is 3.25. The molecule has 0 amide bonds. The fourth-order valence-electron chi connectivity index (χ4n) is 3.83. The van der Waals surface area contributed by atoms with Gasteiger partial charge >= 0.3 is 0 Å². The molecule has 2 fully saturated rings. The molecular weight excluding hydrogens is 248 g/mol. The summed E-state index contributed by atoms with van der Waals surface area (Å²) >= 11 is 0. The number of nitrogens with two attached hydrogens (primary N) is 1. The summed E-state index contributed by atoms with van der Waals surface area (Å²) in [5.74, 6) is 0.697. The molecule has 3 nitrogen and oxygen atoms in total. The third kappa shape index (κ3) is 1.62. The van der Waals surface area contributed by atoms with Gasteiger partial charge in [-0.25, -0.2) is 0 Å². The lowest BCUT2D eigenvalue weighted by atomic mass is 9.70. The Bertz CT molecular complexity index is 586. The molecule has 3 heteroatoms. The molecule has 2 aliphatic rings. The van der Waals surface area contributed by atoms with Crippen LogP contribution in [-0.4, -0.2) is 5.78 Å². The van der Waals surface area contributed by atoms with Crippen molar-refractivity contribution in [1.82, 2.24) is 0 Å². The highest BCUT2D eigenvalue weighted by Gasteiger charge is 2.63. The molecule has 0 aromatic heterocycles. The van der Waals surface area contributed by atoms with Gasteiger partial charge in [-0.15, -0.1) is 0 Å². The second kappa shape index (κ2) is 4.11. The number of benzene rings is 1. The first-order chi connectivity index (χ1) is 9.36. The number of rotatable bonds is 2. The number of ketones is 1. The maximum atomic E-state index is 12.7. The fraction of sp³-hybridized carbons (Fsp3) is 0.471. The van der Waals surface area contributed by atoms with Crippen molar-refractivity contribution in [2.75, 3.05) is 11.1 Å². The minimum Gasteiger partial charge on any atom is -0.399 e. The van der Waals surface area contributed by atoms with Gasteiger partial charge in [0.2, 0.25) is 0 Å². The highest BCUT2D eigenvalue weighted by atomic mass is 16.1. The monoisotopic (exact) mass is 270 g/mol. The first kappa shape index (κ1) is 13.2. The van der Waals surface area contributed by atoms with Gasteiger partial charge < -0.3 is 11.1 Å². The third-order valence-electron chi connectivity index (χ3n) is 5.67. The SMILES string of the molecule is CC1(C)[C@H]2CC[C@@]1(C)C(=O)/C2=C/Nc1ccc(N)cc1. The lowest BCUT2D eigenvalue weighted by Crippen LogP contribution is -2.32. The Kier molecular flexibility index (Phi) is 2.72. The maximum absolute atomic E-state index is 12.7. The number of fused-ring (bicyclic) bond motifs is 2. The van der Waals surface area contributed by atoms with E-state index in [4.69, 9.17) is 5.73 Å². The molecule has 0 spiro atoms. The number of carbonyl (C=O) groups is 1. The van der Waals surface area contributed by atoms with Crippen molar-refractivity contribution in [3.63, 3.8) is 0 Å². The molecule has 3 rings (SSSR count). The van der Waals surface area contributed by atoms with Crippen LogP contribution in [0.25, 0.3) is 0 Å². The van der Waals surface area contributed by atoms with E-state index in [1.165, 1.54) is 0 Å². The molecule has 0 unspecified atom stereocenters. The predicted molar refractivity (Wildman–Crippen MR) is 82.2 cm³/mol. The number of nitrogen functional groups attached to an aromatic ring is 1. The lowest BCUT2D eigenvalue weighted by Gasteiger charge is -2.31. The van der Waals surface area contributed by atoms with Crippen molar-refractivity contribution >= 4 is 17.2 Å². The third-order valence-corrected chi connectivity index (χ3v) is 5.67. The molecular formula is C17H22N2O. The zero-order chi connectivity index (χ0) is 14.5. The standard InChI is InChI=1S/C17H22N2O/c1-16(2)14-8-9-17(16,3)15(20)13(14)10-19-12-6-4-11(18)5-7-12/h4-7,10,14,19H,8-9,18H2,1-3H3/b13-10+/t14-,17-/m0/s1. The number of Topliss-reactive ketones (excluding diaryl/α,β-unsaturated/α-hetero) is 1. The van der Waals surface area contributed by atoms with Gasteiger partial charge in [0.05, 0.1) is 0 Å². The van der Waals surface area contributed by atoms with Gasteiger partial charge in [0, 0.05) is 28.6 Å². The molecule has 0 saturated heterocycles. The molecule has 2 saturated carbocycles. The average molecular weight is 270 g/mol. The van der Waals surface area contributed by atoms with Crippen molar-refractivity contribution in [3.8, 4) is 0 Å². The Hall–Kier alpha value is -1.77. The summed E-state index contributed by atoms with van der Waals surface area (Å²) in [5.41, 5.74) is 8.22. The van der Waals surface area contributed by atoms with E-state index >= 15 is 0 Å². The van der Waals surface area contributed by atoms with Gasteiger partial charge in [-0.1, -0.05) is 20.8 Å². The number of hydrogen-bond donors (Lipinski definition) is 2. The summed E-state index contributed by atoms with van der Waals surface area (Å²) in [4.78, 5) is 12.7. The number of anilines is 2. The summed E-state index contributed by atoms with van der Waals surface area (Å²) in [6.45, 7) is 6.58. The average Bonchev–Trinajstić information content (AvgIpc) is 2.71. The van der Waals surface area contributed by atoms with Gasteiger partial charge in [0.25, 0.3) is 0 Å². The number of carbonyl (C=O) groups excluding carboxylic acids is 1.